The maximum Gasteiger partial charge on any atom is 0.128 e. The van der Waals surface area contributed by atoms with E-state index in [1.807, 2.05) is 6.21 Å². The molecule has 3 nitrogen and oxygen atoms in total. The van der Waals surface area contributed by atoms with Gasteiger partial charge in [-0.3, -0.25) is 0 Å². The van der Waals surface area contributed by atoms with E-state index in [2.05, 4.69) is 47.3 Å². The van der Waals surface area contributed by atoms with Gasteiger partial charge in [0.2, 0.25) is 0 Å². The van der Waals surface area contributed by atoms with Gasteiger partial charge < -0.3 is 10.2 Å². The molecular formula is C12H19N3. The van der Waals surface area contributed by atoms with Gasteiger partial charge in [-0.15, -0.1) is 0 Å². The lowest BCUT2D eigenvalue weighted by Gasteiger charge is -2.37. The smallest absolute Gasteiger partial charge is 0.128 e. The van der Waals surface area contributed by atoms with E-state index in [9.17, 15) is 0 Å². The van der Waals surface area contributed by atoms with Crippen molar-refractivity contribution in [2.45, 2.75) is 32.4 Å². The van der Waals surface area contributed by atoms with Crippen LogP contribution in [0.25, 0.3) is 0 Å². The number of hydrogen-bond acceptors (Lipinski definition) is 3. The largest absolute Gasteiger partial charge is 0.354 e. The molecule has 15 heavy (non-hydrogen) atoms. The summed E-state index contributed by atoms with van der Waals surface area (Å²) in [6.45, 7) is 6.53. The Labute approximate surface area is 91.6 Å². The molecule has 2 heterocycles. The standard InChI is InChI=1S/C12H19N3/c1-10-8-15(9-11(2)14-10)12-6-4-3-5-7-13-12/h3-4,6-7,10-11,14H,5,8-9H2,1-2H3. The van der Waals surface area contributed by atoms with Gasteiger partial charge in [-0.05, 0) is 19.9 Å². The minimum Gasteiger partial charge on any atom is -0.354 e. The summed E-state index contributed by atoms with van der Waals surface area (Å²) in [5.74, 6) is 1.10. The summed E-state index contributed by atoms with van der Waals surface area (Å²) in [6, 6.07) is 1.08. The highest BCUT2D eigenvalue weighted by Crippen LogP contribution is 2.14. The molecule has 2 atom stereocenters. The Bertz CT molecular complexity index is 294. The zero-order chi connectivity index (χ0) is 10.7. The summed E-state index contributed by atoms with van der Waals surface area (Å²) in [7, 11) is 0. The molecule has 82 valence electrons. The second-order valence-electron chi connectivity index (χ2n) is 4.37. The Balaban J connectivity index is 2.09. The molecule has 1 N–H and O–H groups in total. The monoisotopic (exact) mass is 205 g/mol. The first-order valence-electron chi connectivity index (χ1n) is 5.66. The molecule has 0 aliphatic carbocycles. The fourth-order valence-corrected chi connectivity index (χ4v) is 2.18. The molecule has 0 amide bonds. The highest BCUT2D eigenvalue weighted by atomic mass is 15.3. The van der Waals surface area contributed by atoms with Crippen molar-refractivity contribution in [3.8, 4) is 0 Å². The van der Waals surface area contributed by atoms with E-state index in [-0.39, 0.29) is 0 Å². The minimum atomic E-state index is 0.539. The van der Waals surface area contributed by atoms with E-state index in [4.69, 9.17) is 0 Å². The molecule has 0 aromatic carbocycles. The minimum absolute atomic E-state index is 0.539. The van der Waals surface area contributed by atoms with Gasteiger partial charge in [0.05, 0.1) is 0 Å². The molecule has 0 bridgehead atoms. The van der Waals surface area contributed by atoms with Gasteiger partial charge in [-0.1, -0.05) is 12.2 Å². The van der Waals surface area contributed by atoms with Crippen molar-refractivity contribution >= 4 is 6.21 Å². The van der Waals surface area contributed by atoms with Gasteiger partial charge in [0, 0.05) is 37.8 Å². The molecule has 0 spiro atoms. The third-order valence-corrected chi connectivity index (χ3v) is 2.73. The average molecular weight is 205 g/mol. The molecule has 1 fully saturated rings. The van der Waals surface area contributed by atoms with Crippen molar-refractivity contribution in [2.24, 2.45) is 4.99 Å². The molecule has 3 heteroatoms. The number of nitrogens with one attached hydrogen (secondary N) is 1. The van der Waals surface area contributed by atoms with Crippen molar-refractivity contribution < 1.29 is 0 Å². The van der Waals surface area contributed by atoms with Crippen molar-refractivity contribution in [1.29, 1.82) is 0 Å². The highest BCUT2D eigenvalue weighted by Gasteiger charge is 2.21. The Morgan fingerprint density at radius 3 is 2.80 bits per heavy atom. The fraction of sp³-hybridized carbons (Fsp3) is 0.583. The lowest BCUT2D eigenvalue weighted by Crippen LogP contribution is -2.53. The Kier molecular flexibility index (Phi) is 3.21. The number of aliphatic imine (C=N–C) groups is 1. The van der Waals surface area contributed by atoms with Crippen LogP contribution in [0, 0.1) is 0 Å². The third-order valence-electron chi connectivity index (χ3n) is 2.73. The number of piperazine rings is 1. The first-order valence-corrected chi connectivity index (χ1v) is 5.66. The number of allylic oxidation sites excluding steroid dienone is 3. The van der Waals surface area contributed by atoms with Gasteiger partial charge in [0.15, 0.2) is 0 Å². The molecule has 0 aromatic rings. The van der Waals surface area contributed by atoms with Crippen molar-refractivity contribution in [2.75, 3.05) is 13.1 Å². The van der Waals surface area contributed by atoms with Crippen LogP contribution in [0.5, 0.6) is 0 Å². The van der Waals surface area contributed by atoms with E-state index >= 15 is 0 Å². The first-order chi connectivity index (χ1) is 7.25. The van der Waals surface area contributed by atoms with Gasteiger partial charge in [0.25, 0.3) is 0 Å². The Morgan fingerprint density at radius 2 is 2.07 bits per heavy atom. The number of nitrogens with zero attached hydrogens (tertiary/aromatic N) is 2. The molecule has 0 aromatic heterocycles. The SMILES string of the molecule is CC1CN(C2=CC=CCC=N2)CC(C)N1. The van der Waals surface area contributed by atoms with Crippen LogP contribution in [0.4, 0.5) is 0 Å². The molecule has 2 rings (SSSR count). The molecule has 0 saturated carbocycles. The van der Waals surface area contributed by atoms with Crippen LogP contribution in [-0.2, 0) is 0 Å². The molecule has 0 radical (unpaired) electrons. The predicted molar refractivity (Wildman–Crippen MR) is 64.0 cm³/mol. The van der Waals surface area contributed by atoms with Gasteiger partial charge in [-0.2, -0.15) is 0 Å². The van der Waals surface area contributed by atoms with E-state index in [1.165, 1.54) is 0 Å². The number of rotatable bonds is 1. The van der Waals surface area contributed by atoms with Gasteiger partial charge in [0.1, 0.15) is 5.82 Å². The average Bonchev–Trinajstić information content (AvgIpc) is 2.43. The molecule has 1 saturated heterocycles. The summed E-state index contributed by atoms with van der Waals surface area (Å²) in [6.07, 6.45) is 9.25. The fourth-order valence-electron chi connectivity index (χ4n) is 2.18. The maximum atomic E-state index is 4.49. The third kappa shape index (κ3) is 2.69. The van der Waals surface area contributed by atoms with Gasteiger partial charge >= 0.3 is 0 Å². The predicted octanol–water partition coefficient (Wildman–Crippen LogP) is 1.54. The van der Waals surface area contributed by atoms with Crippen LogP contribution in [-0.4, -0.2) is 36.3 Å². The summed E-state index contributed by atoms with van der Waals surface area (Å²) in [5.41, 5.74) is 0. The summed E-state index contributed by atoms with van der Waals surface area (Å²) in [5, 5.41) is 3.53. The highest BCUT2D eigenvalue weighted by molar-refractivity contribution is 5.62. The number of hydrogen-bond donors (Lipinski definition) is 1. The first kappa shape index (κ1) is 10.4. The van der Waals surface area contributed by atoms with Crippen LogP contribution in [0.2, 0.25) is 0 Å². The van der Waals surface area contributed by atoms with Crippen molar-refractivity contribution in [1.82, 2.24) is 10.2 Å². The summed E-state index contributed by atoms with van der Waals surface area (Å²) in [4.78, 5) is 6.85. The lowest BCUT2D eigenvalue weighted by molar-refractivity contribution is 0.213. The second kappa shape index (κ2) is 4.62. The quantitative estimate of drug-likeness (QED) is 0.703. The van der Waals surface area contributed by atoms with Crippen LogP contribution < -0.4 is 5.32 Å². The van der Waals surface area contributed by atoms with Gasteiger partial charge in [-0.25, -0.2) is 4.99 Å². The topological polar surface area (TPSA) is 27.6 Å². The zero-order valence-electron chi connectivity index (χ0n) is 9.48. The Morgan fingerprint density at radius 1 is 1.33 bits per heavy atom. The van der Waals surface area contributed by atoms with Crippen LogP contribution in [0.3, 0.4) is 0 Å². The normalized spacial score (nSPS) is 31.3. The summed E-state index contributed by atoms with van der Waals surface area (Å²) < 4.78 is 0. The molecule has 2 aliphatic rings. The van der Waals surface area contributed by atoms with Crippen molar-refractivity contribution in [3.63, 3.8) is 0 Å². The second-order valence-corrected chi connectivity index (χ2v) is 4.37. The summed E-state index contributed by atoms with van der Waals surface area (Å²) >= 11 is 0. The van der Waals surface area contributed by atoms with Crippen LogP contribution in [0.15, 0.2) is 29.0 Å². The molecule has 2 unspecified atom stereocenters. The Hall–Kier alpha value is -1.09. The maximum absolute atomic E-state index is 4.49. The zero-order valence-corrected chi connectivity index (χ0v) is 9.48. The van der Waals surface area contributed by atoms with E-state index in [0.29, 0.717) is 12.1 Å². The van der Waals surface area contributed by atoms with Crippen LogP contribution in [0.1, 0.15) is 20.3 Å². The van der Waals surface area contributed by atoms with Crippen molar-refractivity contribution in [3.05, 3.63) is 24.0 Å². The van der Waals surface area contributed by atoms with E-state index < -0.39 is 0 Å². The van der Waals surface area contributed by atoms with E-state index in [0.717, 1.165) is 25.3 Å². The van der Waals surface area contributed by atoms with Crippen LogP contribution >= 0.6 is 0 Å². The van der Waals surface area contributed by atoms with E-state index in [1.54, 1.807) is 0 Å². The lowest BCUT2D eigenvalue weighted by atomic mass is 10.1. The molecule has 2 aliphatic heterocycles. The molecular weight excluding hydrogens is 186 g/mol.